The monoisotopic (exact) mass is 285 g/mol. The highest BCUT2D eigenvalue weighted by atomic mass is 19.1. The molecule has 0 spiro atoms. The van der Waals surface area contributed by atoms with Crippen molar-refractivity contribution in [3.8, 4) is 0 Å². The Morgan fingerprint density at radius 3 is 2.38 bits per heavy atom. The highest BCUT2D eigenvalue weighted by Gasteiger charge is 2.10. The highest BCUT2D eigenvalue weighted by Crippen LogP contribution is 2.12. The molecule has 2 aromatic rings. The largest absolute Gasteiger partial charge is 0.313 e. The molecule has 21 heavy (non-hydrogen) atoms. The molecule has 1 atom stereocenters. The molecule has 0 aliphatic carbocycles. The van der Waals surface area contributed by atoms with Crippen molar-refractivity contribution in [2.75, 3.05) is 6.54 Å². The fourth-order valence-corrected chi connectivity index (χ4v) is 2.52. The molecule has 0 aromatic heterocycles. The first-order valence-electron chi connectivity index (χ1n) is 7.70. The van der Waals surface area contributed by atoms with Crippen LogP contribution in [0.25, 0.3) is 0 Å². The summed E-state index contributed by atoms with van der Waals surface area (Å²) in [5.41, 5.74) is 3.66. The summed E-state index contributed by atoms with van der Waals surface area (Å²) in [6, 6.07) is 15.9. The molecule has 0 amide bonds. The van der Waals surface area contributed by atoms with E-state index in [0.717, 1.165) is 31.4 Å². The van der Waals surface area contributed by atoms with E-state index in [4.69, 9.17) is 0 Å². The topological polar surface area (TPSA) is 12.0 Å². The number of benzene rings is 2. The Morgan fingerprint density at radius 1 is 1.00 bits per heavy atom. The molecule has 0 bridgehead atoms. The van der Waals surface area contributed by atoms with Crippen LogP contribution in [0.3, 0.4) is 0 Å². The first-order chi connectivity index (χ1) is 10.2. The van der Waals surface area contributed by atoms with Gasteiger partial charge in [-0.25, -0.2) is 4.39 Å². The second kappa shape index (κ2) is 7.94. The van der Waals surface area contributed by atoms with Crippen LogP contribution in [0.1, 0.15) is 30.0 Å². The maximum atomic E-state index is 13.3. The molecule has 2 aromatic carbocycles. The van der Waals surface area contributed by atoms with Crippen molar-refractivity contribution in [3.05, 3.63) is 71.0 Å². The molecule has 0 fully saturated rings. The second-order valence-corrected chi connectivity index (χ2v) is 5.67. The number of aryl methyl sites for hydroxylation is 1. The number of hydrogen-bond acceptors (Lipinski definition) is 1. The zero-order valence-corrected chi connectivity index (χ0v) is 12.9. The van der Waals surface area contributed by atoms with Gasteiger partial charge in [-0.05, 0) is 56.0 Å². The molecule has 2 rings (SSSR count). The molecule has 0 aliphatic heterocycles. The third-order valence-corrected chi connectivity index (χ3v) is 3.66. The Hall–Kier alpha value is -1.67. The molecular weight excluding hydrogens is 261 g/mol. The molecule has 0 aliphatic rings. The van der Waals surface area contributed by atoms with Gasteiger partial charge in [0.2, 0.25) is 0 Å². The average molecular weight is 285 g/mol. The zero-order chi connectivity index (χ0) is 15.1. The van der Waals surface area contributed by atoms with Gasteiger partial charge >= 0.3 is 0 Å². The van der Waals surface area contributed by atoms with Crippen molar-refractivity contribution >= 4 is 0 Å². The lowest BCUT2D eigenvalue weighted by Crippen LogP contribution is -2.33. The van der Waals surface area contributed by atoms with Crippen molar-refractivity contribution in [2.24, 2.45) is 0 Å². The normalized spacial score (nSPS) is 12.3. The van der Waals surface area contributed by atoms with Crippen LogP contribution >= 0.6 is 0 Å². The lowest BCUT2D eigenvalue weighted by atomic mass is 9.98. The minimum Gasteiger partial charge on any atom is -0.313 e. The van der Waals surface area contributed by atoms with Gasteiger partial charge < -0.3 is 5.32 Å². The minimum atomic E-state index is -0.155. The van der Waals surface area contributed by atoms with E-state index in [-0.39, 0.29) is 5.82 Å². The maximum absolute atomic E-state index is 13.3. The molecule has 2 heteroatoms. The summed E-state index contributed by atoms with van der Waals surface area (Å²) in [6.45, 7) is 5.26. The Morgan fingerprint density at radius 2 is 1.71 bits per heavy atom. The van der Waals surface area contributed by atoms with E-state index in [1.807, 2.05) is 6.07 Å². The summed E-state index contributed by atoms with van der Waals surface area (Å²) in [7, 11) is 0. The molecule has 1 N–H and O–H groups in total. The van der Waals surface area contributed by atoms with Gasteiger partial charge in [-0.1, -0.05) is 48.9 Å². The van der Waals surface area contributed by atoms with Gasteiger partial charge in [0.25, 0.3) is 0 Å². The SMILES string of the molecule is CCCNC(Cc1ccc(C)cc1)Cc1cccc(F)c1. The van der Waals surface area contributed by atoms with Gasteiger partial charge in [-0.15, -0.1) is 0 Å². The van der Waals surface area contributed by atoms with E-state index < -0.39 is 0 Å². The van der Waals surface area contributed by atoms with Crippen LogP contribution in [0.5, 0.6) is 0 Å². The second-order valence-electron chi connectivity index (χ2n) is 5.67. The Bertz CT molecular complexity index is 548. The predicted octanol–water partition coefficient (Wildman–Crippen LogP) is 4.29. The van der Waals surface area contributed by atoms with E-state index in [9.17, 15) is 4.39 Å². The first kappa shape index (κ1) is 15.7. The summed E-state index contributed by atoms with van der Waals surface area (Å²) < 4.78 is 13.3. The van der Waals surface area contributed by atoms with E-state index in [2.05, 4.69) is 43.4 Å². The van der Waals surface area contributed by atoms with Crippen LogP contribution < -0.4 is 5.32 Å². The fourth-order valence-electron chi connectivity index (χ4n) is 2.52. The lowest BCUT2D eigenvalue weighted by molar-refractivity contribution is 0.503. The average Bonchev–Trinajstić information content (AvgIpc) is 2.47. The molecule has 0 saturated heterocycles. The van der Waals surface area contributed by atoms with Gasteiger partial charge in [-0.3, -0.25) is 0 Å². The number of hydrogen-bond donors (Lipinski definition) is 1. The number of halogens is 1. The standard InChI is InChI=1S/C19H24FN/c1-3-11-21-19(13-16-9-7-15(2)8-10-16)14-17-5-4-6-18(20)12-17/h4-10,12,19,21H,3,11,13-14H2,1-2H3. The zero-order valence-electron chi connectivity index (χ0n) is 12.9. The van der Waals surface area contributed by atoms with Crippen LogP contribution in [-0.4, -0.2) is 12.6 Å². The van der Waals surface area contributed by atoms with Crippen LogP contribution in [-0.2, 0) is 12.8 Å². The molecule has 0 saturated carbocycles. The van der Waals surface area contributed by atoms with Gasteiger partial charge in [0, 0.05) is 6.04 Å². The number of nitrogens with one attached hydrogen (secondary N) is 1. The van der Waals surface area contributed by atoms with E-state index in [0.29, 0.717) is 6.04 Å². The van der Waals surface area contributed by atoms with Crippen LogP contribution in [0.4, 0.5) is 4.39 Å². The Balaban J connectivity index is 2.04. The van der Waals surface area contributed by atoms with E-state index in [1.54, 1.807) is 12.1 Å². The van der Waals surface area contributed by atoms with Gasteiger partial charge in [-0.2, -0.15) is 0 Å². The molecule has 1 nitrogen and oxygen atoms in total. The summed E-state index contributed by atoms with van der Waals surface area (Å²) in [5.74, 6) is -0.155. The van der Waals surface area contributed by atoms with E-state index in [1.165, 1.54) is 17.2 Å². The molecule has 112 valence electrons. The van der Waals surface area contributed by atoms with Crippen molar-refractivity contribution in [3.63, 3.8) is 0 Å². The van der Waals surface area contributed by atoms with Crippen molar-refractivity contribution < 1.29 is 4.39 Å². The van der Waals surface area contributed by atoms with Crippen LogP contribution in [0.15, 0.2) is 48.5 Å². The lowest BCUT2D eigenvalue weighted by Gasteiger charge is -2.19. The summed E-state index contributed by atoms with van der Waals surface area (Å²) in [6.07, 6.45) is 2.93. The van der Waals surface area contributed by atoms with Crippen molar-refractivity contribution in [1.82, 2.24) is 5.32 Å². The van der Waals surface area contributed by atoms with Crippen molar-refractivity contribution in [2.45, 2.75) is 39.2 Å². The first-order valence-corrected chi connectivity index (χ1v) is 7.70. The summed E-state index contributed by atoms with van der Waals surface area (Å²) in [5, 5.41) is 3.58. The number of rotatable bonds is 7. The highest BCUT2D eigenvalue weighted by molar-refractivity contribution is 5.23. The third kappa shape index (κ3) is 5.31. The molecule has 1 unspecified atom stereocenters. The summed E-state index contributed by atoms with van der Waals surface area (Å²) in [4.78, 5) is 0. The van der Waals surface area contributed by atoms with Crippen LogP contribution in [0.2, 0.25) is 0 Å². The van der Waals surface area contributed by atoms with Crippen molar-refractivity contribution in [1.29, 1.82) is 0 Å². The smallest absolute Gasteiger partial charge is 0.123 e. The van der Waals surface area contributed by atoms with Gasteiger partial charge in [0.05, 0.1) is 0 Å². The molecular formula is C19H24FN. The van der Waals surface area contributed by atoms with E-state index >= 15 is 0 Å². The Kier molecular flexibility index (Phi) is 5.94. The molecule has 0 radical (unpaired) electrons. The fraction of sp³-hybridized carbons (Fsp3) is 0.368. The minimum absolute atomic E-state index is 0.155. The quantitative estimate of drug-likeness (QED) is 0.800. The maximum Gasteiger partial charge on any atom is 0.123 e. The third-order valence-electron chi connectivity index (χ3n) is 3.66. The Labute approximate surface area is 127 Å². The molecule has 0 heterocycles. The summed E-state index contributed by atoms with van der Waals surface area (Å²) >= 11 is 0. The predicted molar refractivity (Wildman–Crippen MR) is 87.1 cm³/mol. The van der Waals surface area contributed by atoms with Gasteiger partial charge in [0.1, 0.15) is 5.82 Å². The van der Waals surface area contributed by atoms with Gasteiger partial charge in [0.15, 0.2) is 0 Å². The van der Waals surface area contributed by atoms with Crippen LogP contribution in [0, 0.1) is 12.7 Å².